The van der Waals surface area contributed by atoms with E-state index in [1.54, 1.807) is 13.0 Å². The number of rotatable bonds is 0. The number of terminal acetylenes is 1. The lowest BCUT2D eigenvalue weighted by Gasteiger charge is -2.20. The lowest BCUT2D eigenvalue weighted by molar-refractivity contribution is 0.00149. The third kappa shape index (κ3) is 0.841. The summed E-state index contributed by atoms with van der Waals surface area (Å²) in [6.45, 7) is 1.75. The molecule has 10 heavy (non-hydrogen) atoms. The van der Waals surface area contributed by atoms with Crippen LogP contribution in [0.4, 0.5) is 0 Å². The van der Waals surface area contributed by atoms with Gasteiger partial charge in [-0.25, -0.2) is 0 Å². The van der Waals surface area contributed by atoms with E-state index in [1.807, 2.05) is 0 Å². The normalized spacial score (nSPS) is 39.0. The maximum Gasteiger partial charge on any atom is 0.158 e. The van der Waals surface area contributed by atoms with Crippen LogP contribution >= 0.6 is 0 Å². The quantitative estimate of drug-likeness (QED) is 0.367. The molecule has 0 aliphatic heterocycles. The molecule has 0 amide bonds. The van der Waals surface area contributed by atoms with Gasteiger partial charge >= 0.3 is 0 Å². The molecule has 2 heteroatoms. The Bertz CT molecular complexity index is 212. The van der Waals surface area contributed by atoms with E-state index in [9.17, 15) is 10.2 Å². The molecule has 0 aromatic rings. The number of hydrogen-bond acceptors (Lipinski definition) is 2. The molecule has 2 N–H and O–H groups in total. The Balaban J connectivity index is 2.85. The number of aliphatic hydroxyl groups is 2. The first-order valence-corrected chi connectivity index (χ1v) is 3.15. The molecule has 0 heterocycles. The minimum absolute atomic E-state index is 0.358. The van der Waals surface area contributed by atoms with E-state index < -0.39 is 11.7 Å². The van der Waals surface area contributed by atoms with Crippen LogP contribution in [-0.4, -0.2) is 21.9 Å². The van der Waals surface area contributed by atoms with E-state index in [-0.39, 0.29) is 0 Å². The molecule has 54 valence electrons. The van der Waals surface area contributed by atoms with Gasteiger partial charge in [-0.2, -0.15) is 0 Å². The third-order valence-electron chi connectivity index (χ3n) is 1.87. The van der Waals surface area contributed by atoms with Gasteiger partial charge in [0.1, 0.15) is 6.10 Å². The molecule has 0 saturated carbocycles. The summed E-state index contributed by atoms with van der Waals surface area (Å²) in [4.78, 5) is 0. The van der Waals surface area contributed by atoms with E-state index in [0.29, 0.717) is 6.42 Å². The van der Waals surface area contributed by atoms with E-state index in [4.69, 9.17) is 6.42 Å². The van der Waals surface area contributed by atoms with Crippen molar-refractivity contribution in [2.45, 2.75) is 25.0 Å². The van der Waals surface area contributed by atoms with Crippen LogP contribution in [0, 0.1) is 12.3 Å². The molecule has 2 atom stereocenters. The standard InChI is InChI=1S/C8H10O2/c1-3-8(10)5-4-6(2)7(8)9/h1,4,7,9-10H,5H2,2H3. The first kappa shape index (κ1) is 7.33. The van der Waals surface area contributed by atoms with Crippen LogP contribution in [0.2, 0.25) is 0 Å². The SMILES string of the molecule is C#CC1(O)CC=C(C)C1O. The van der Waals surface area contributed by atoms with Crippen molar-refractivity contribution in [3.05, 3.63) is 11.6 Å². The van der Waals surface area contributed by atoms with Gasteiger partial charge in [0.15, 0.2) is 5.60 Å². The zero-order valence-corrected chi connectivity index (χ0v) is 5.83. The summed E-state index contributed by atoms with van der Waals surface area (Å²) >= 11 is 0. The first-order chi connectivity index (χ1) is 4.60. The summed E-state index contributed by atoms with van der Waals surface area (Å²) in [6, 6.07) is 0. The van der Waals surface area contributed by atoms with Crippen molar-refractivity contribution in [3.63, 3.8) is 0 Å². The first-order valence-electron chi connectivity index (χ1n) is 3.15. The maximum absolute atomic E-state index is 9.40. The van der Waals surface area contributed by atoms with Crippen LogP contribution in [-0.2, 0) is 0 Å². The topological polar surface area (TPSA) is 40.5 Å². The molecular formula is C8H10O2. The Morgan fingerprint density at radius 2 is 2.50 bits per heavy atom. The molecule has 1 aliphatic rings. The smallest absolute Gasteiger partial charge is 0.158 e. The highest BCUT2D eigenvalue weighted by atomic mass is 16.3. The number of aliphatic hydroxyl groups excluding tert-OH is 1. The molecule has 2 nitrogen and oxygen atoms in total. The Morgan fingerprint density at radius 3 is 2.70 bits per heavy atom. The predicted molar refractivity (Wildman–Crippen MR) is 38.2 cm³/mol. The van der Waals surface area contributed by atoms with Gasteiger partial charge in [0.05, 0.1) is 0 Å². The fourth-order valence-electron chi connectivity index (χ4n) is 1.05. The molecule has 0 radical (unpaired) electrons. The summed E-state index contributed by atoms with van der Waals surface area (Å²) in [5, 5.41) is 18.7. The third-order valence-corrected chi connectivity index (χ3v) is 1.87. The average molecular weight is 138 g/mol. The monoisotopic (exact) mass is 138 g/mol. The highest BCUT2D eigenvalue weighted by Crippen LogP contribution is 2.28. The minimum atomic E-state index is -1.34. The van der Waals surface area contributed by atoms with Crippen molar-refractivity contribution in [1.29, 1.82) is 0 Å². The second kappa shape index (κ2) is 2.12. The zero-order valence-electron chi connectivity index (χ0n) is 5.83. The van der Waals surface area contributed by atoms with Crippen molar-refractivity contribution >= 4 is 0 Å². The predicted octanol–water partition coefficient (Wildman–Crippen LogP) is 0.0616. The summed E-state index contributed by atoms with van der Waals surface area (Å²) < 4.78 is 0. The minimum Gasteiger partial charge on any atom is -0.385 e. The van der Waals surface area contributed by atoms with E-state index in [2.05, 4.69) is 5.92 Å². The Kier molecular flexibility index (Phi) is 1.55. The average Bonchev–Trinajstić information content (AvgIpc) is 2.19. The molecular weight excluding hydrogens is 128 g/mol. The van der Waals surface area contributed by atoms with Crippen LogP contribution in [0.5, 0.6) is 0 Å². The Hall–Kier alpha value is -0.780. The Morgan fingerprint density at radius 1 is 1.90 bits per heavy atom. The van der Waals surface area contributed by atoms with Crippen molar-refractivity contribution in [2.24, 2.45) is 0 Å². The zero-order chi connectivity index (χ0) is 7.78. The summed E-state index contributed by atoms with van der Waals surface area (Å²) in [5.41, 5.74) is -0.593. The van der Waals surface area contributed by atoms with Gasteiger partial charge in [-0.15, -0.1) is 6.42 Å². The molecule has 0 fully saturated rings. The Labute approximate surface area is 60.2 Å². The molecule has 2 unspecified atom stereocenters. The van der Waals surface area contributed by atoms with Crippen LogP contribution in [0.15, 0.2) is 11.6 Å². The summed E-state index contributed by atoms with van der Waals surface area (Å²) in [7, 11) is 0. The lowest BCUT2D eigenvalue weighted by atomic mass is 9.98. The van der Waals surface area contributed by atoms with Gasteiger partial charge < -0.3 is 10.2 Å². The molecule has 1 aliphatic carbocycles. The highest BCUT2D eigenvalue weighted by molar-refractivity contribution is 5.29. The van der Waals surface area contributed by atoms with E-state index in [1.165, 1.54) is 0 Å². The van der Waals surface area contributed by atoms with Crippen molar-refractivity contribution in [3.8, 4) is 12.3 Å². The van der Waals surface area contributed by atoms with Gasteiger partial charge in [0, 0.05) is 6.42 Å². The molecule has 1 rings (SSSR count). The fraction of sp³-hybridized carbons (Fsp3) is 0.500. The van der Waals surface area contributed by atoms with Crippen LogP contribution in [0.25, 0.3) is 0 Å². The van der Waals surface area contributed by atoms with Crippen molar-refractivity contribution in [2.75, 3.05) is 0 Å². The lowest BCUT2D eigenvalue weighted by Crippen LogP contribution is -2.37. The maximum atomic E-state index is 9.40. The molecule has 0 saturated heterocycles. The summed E-state index contributed by atoms with van der Waals surface area (Å²) in [5.74, 6) is 2.17. The van der Waals surface area contributed by atoms with Gasteiger partial charge in [-0.05, 0) is 12.5 Å². The van der Waals surface area contributed by atoms with E-state index in [0.717, 1.165) is 5.57 Å². The molecule has 0 spiro atoms. The molecule has 0 aromatic heterocycles. The number of hydrogen-bond donors (Lipinski definition) is 2. The van der Waals surface area contributed by atoms with Gasteiger partial charge in [0.2, 0.25) is 0 Å². The van der Waals surface area contributed by atoms with Gasteiger partial charge in [-0.3, -0.25) is 0 Å². The van der Waals surface area contributed by atoms with Crippen LogP contribution < -0.4 is 0 Å². The highest BCUT2D eigenvalue weighted by Gasteiger charge is 2.37. The summed E-state index contributed by atoms with van der Waals surface area (Å²) in [6.07, 6.45) is 6.26. The van der Waals surface area contributed by atoms with Gasteiger partial charge in [-0.1, -0.05) is 12.0 Å². The molecule has 0 aromatic carbocycles. The van der Waals surface area contributed by atoms with Crippen molar-refractivity contribution < 1.29 is 10.2 Å². The second-order valence-electron chi connectivity index (χ2n) is 2.62. The molecule has 0 bridgehead atoms. The fourth-order valence-corrected chi connectivity index (χ4v) is 1.05. The largest absolute Gasteiger partial charge is 0.385 e. The van der Waals surface area contributed by atoms with Crippen LogP contribution in [0.3, 0.4) is 0 Å². The van der Waals surface area contributed by atoms with Crippen LogP contribution in [0.1, 0.15) is 13.3 Å². The van der Waals surface area contributed by atoms with Gasteiger partial charge in [0.25, 0.3) is 0 Å². The second-order valence-corrected chi connectivity index (χ2v) is 2.62. The van der Waals surface area contributed by atoms with E-state index >= 15 is 0 Å². The van der Waals surface area contributed by atoms with Crippen molar-refractivity contribution in [1.82, 2.24) is 0 Å².